The first-order valence-corrected chi connectivity index (χ1v) is 10.8. The highest BCUT2D eigenvalue weighted by molar-refractivity contribution is 7.92. The Balaban J connectivity index is 1.90. The van der Waals surface area contributed by atoms with Gasteiger partial charge in [-0.05, 0) is 49.4 Å². The Morgan fingerprint density at radius 2 is 1.84 bits per heavy atom. The number of hydrazone groups is 1. The zero-order chi connectivity index (χ0) is 23.5. The van der Waals surface area contributed by atoms with E-state index in [1.54, 1.807) is 19.1 Å². The van der Waals surface area contributed by atoms with Crippen LogP contribution in [-0.2, 0) is 10.0 Å². The number of rotatable bonds is 7. The fraction of sp³-hybridized carbons (Fsp3) is 0.0500. The molecule has 0 bridgehead atoms. The summed E-state index contributed by atoms with van der Waals surface area (Å²) in [7, 11) is -4.12. The van der Waals surface area contributed by atoms with Crippen molar-refractivity contribution in [1.82, 2.24) is 0 Å². The van der Waals surface area contributed by atoms with Crippen LogP contribution in [0.5, 0.6) is 11.5 Å². The molecule has 0 saturated heterocycles. The number of anilines is 2. The van der Waals surface area contributed by atoms with Gasteiger partial charge >= 0.3 is 0 Å². The summed E-state index contributed by atoms with van der Waals surface area (Å²) in [6, 6.07) is 13.2. The molecule has 0 saturated carbocycles. The Morgan fingerprint density at radius 1 is 1.09 bits per heavy atom. The van der Waals surface area contributed by atoms with E-state index >= 15 is 0 Å². The van der Waals surface area contributed by atoms with E-state index in [0.29, 0.717) is 10.6 Å². The number of halogens is 1. The Kier molecular flexibility index (Phi) is 6.51. The zero-order valence-electron chi connectivity index (χ0n) is 16.5. The highest BCUT2D eigenvalue weighted by atomic mass is 35.5. The maximum absolute atomic E-state index is 12.6. The van der Waals surface area contributed by atoms with Crippen LogP contribution in [0.1, 0.15) is 12.5 Å². The molecule has 32 heavy (non-hydrogen) atoms. The van der Waals surface area contributed by atoms with Crippen molar-refractivity contribution in [2.75, 3.05) is 10.1 Å². The monoisotopic (exact) mass is 476 g/mol. The number of hydrogen-bond acceptors (Lipinski definition) is 8. The molecule has 0 spiro atoms. The van der Waals surface area contributed by atoms with Gasteiger partial charge in [0, 0.05) is 22.7 Å². The minimum atomic E-state index is -4.12. The van der Waals surface area contributed by atoms with Crippen LogP contribution in [0, 0.1) is 10.1 Å². The number of phenols is 2. The van der Waals surface area contributed by atoms with Crippen LogP contribution in [0.4, 0.5) is 17.1 Å². The highest BCUT2D eigenvalue weighted by Gasteiger charge is 2.22. The van der Waals surface area contributed by atoms with Crippen LogP contribution in [0.15, 0.2) is 70.7 Å². The van der Waals surface area contributed by atoms with Crippen molar-refractivity contribution in [1.29, 1.82) is 0 Å². The molecule has 0 aromatic heterocycles. The smallest absolute Gasteiger partial charge is 0.295 e. The standard InChI is InChI=1S/C20H17ClN4O6S/c1-12(17-7-5-15(26)10-20(17)27)22-23-18-8-6-16(11-19(18)25(28)29)32(30,31)24-14-4-2-3-13(21)9-14/h2-11,23-24,26-27H,1H3/b22-12+. The predicted octanol–water partition coefficient (Wildman–Crippen LogP) is 4.30. The first kappa shape index (κ1) is 22.8. The van der Waals surface area contributed by atoms with Gasteiger partial charge in [-0.15, -0.1) is 0 Å². The van der Waals surface area contributed by atoms with Gasteiger partial charge in [-0.1, -0.05) is 17.7 Å². The molecule has 166 valence electrons. The van der Waals surface area contributed by atoms with Crippen molar-refractivity contribution >= 4 is 44.4 Å². The fourth-order valence-electron chi connectivity index (χ4n) is 2.72. The van der Waals surface area contributed by atoms with Gasteiger partial charge in [0.05, 0.1) is 21.2 Å². The SMILES string of the molecule is C/C(=N\Nc1ccc(S(=O)(=O)Nc2cccc(Cl)c2)cc1[N+](=O)[O-])c1ccc(O)cc1O. The van der Waals surface area contributed by atoms with Crippen LogP contribution in [0.25, 0.3) is 0 Å². The number of nitro benzene ring substituents is 1. The Labute approximate surface area is 188 Å². The van der Waals surface area contributed by atoms with Crippen molar-refractivity contribution in [2.24, 2.45) is 5.10 Å². The average Bonchev–Trinajstić information content (AvgIpc) is 2.71. The van der Waals surface area contributed by atoms with Gasteiger partial charge < -0.3 is 10.2 Å². The number of hydrogen-bond donors (Lipinski definition) is 4. The lowest BCUT2D eigenvalue weighted by Gasteiger charge is -2.10. The van der Waals surface area contributed by atoms with Gasteiger partial charge in [0.15, 0.2) is 0 Å². The lowest BCUT2D eigenvalue weighted by Crippen LogP contribution is -2.13. The number of nitrogens with zero attached hydrogens (tertiary/aromatic N) is 2. The molecule has 0 amide bonds. The van der Waals surface area contributed by atoms with E-state index in [9.17, 15) is 28.7 Å². The van der Waals surface area contributed by atoms with Gasteiger partial charge in [-0.2, -0.15) is 5.10 Å². The quantitative estimate of drug-likeness (QED) is 0.225. The summed E-state index contributed by atoms with van der Waals surface area (Å²) < 4.78 is 27.6. The summed E-state index contributed by atoms with van der Waals surface area (Å²) in [5, 5.41) is 35.1. The van der Waals surface area contributed by atoms with E-state index in [1.807, 2.05) is 0 Å². The van der Waals surface area contributed by atoms with Crippen LogP contribution in [0.3, 0.4) is 0 Å². The first-order chi connectivity index (χ1) is 15.1. The summed E-state index contributed by atoms with van der Waals surface area (Å²) in [5.41, 5.74) is 2.70. The summed E-state index contributed by atoms with van der Waals surface area (Å²) in [5.74, 6) is -0.359. The molecule has 0 radical (unpaired) electrons. The molecular weight excluding hydrogens is 460 g/mol. The van der Waals surface area contributed by atoms with Gasteiger partial charge in [0.2, 0.25) is 0 Å². The highest BCUT2D eigenvalue weighted by Crippen LogP contribution is 2.29. The van der Waals surface area contributed by atoms with Crippen molar-refractivity contribution < 1.29 is 23.6 Å². The van der Waals surface area contributed by atoms with Crippen LogP contribution < -0.4 is 10.1 Å². The molecule has 0 aliphatic heterocycles. The van der Waals surface area contributed by atoms with E-state index in [4.69, 9.17) is 11.6 Å². The number of sulfonamides is 1. The largest absolute Gasteiger partial charge is 0.508 e. The van der Waals surface area contributed by atoms with Gasteiger partial charge in [0.25, 0.3) is 15.7 Å². The third kappa shape index (κ3) is 5.25. The number of phenolic OH excluding ortho intramolecular Hbond substituents is 2. The van der Waals surface area contributed by atoms with E-state index in [1.165, 1.54) is 36.4 Å². The second kappa shape index (κ2) is 9.12. The number of aromatic hydroxyl groups is 2. The van der Waals surface area contributed by atoms with E-state index in [0.717, 1.165) is 12.1 Å². The molecule has 0 heterocycles. The normalized spacial score (nSPS) is 11.8. The maximum Gasteiger partial charge on any atom is 0.295 e. The lowest BCUT2D eigenvalue weighted by molar-refractivity contribution is -0.384. The van der Waals surface area contributed by atoms with Crippen molar-refractivity contribution in [3.8, 4) is 11.5 Å². The molecule has 3 aromatic rings. The Hall–Kier alpha value is -3.83. The third-order valence-corrected chi connectivity index (χ3v) is 5.88. The average molecular weight is 477 g/mol. The molecule has 0 atom stereocenters. The van der Waals surface area contributed by atoms with Crippen molar-refractivity contribution in [2.45, 2.75) is 11.8 Å². The molecule has 3 rings (SSSR count). The molecule has 3 aromatic carbocycles. The molecule has 4 N–H and O–H groups in total. The second-order valence-electron chi connectivity index (χ2n) is 6.56. The van der Waals surface area contributed by atoms with E-state index in [-0.39, 0.29) is 33.5 Å². The van der Waals surface area contributed by atoms with Gasteiger partial charge in [-0.25, -0.2) is 8.42 Å². The molecule has 0 aliphatic carbocycles. The predicted molar refractivity (Wildman–Crippen MR) is 121 cm³/mol. The third-order valence-electron chi connectivity index (χ3n) is 4.27. The first-order valence-electron chi connectivity index (χ1n) is 8.96. The second-order valence-corrected chi connectivity index (χ2v) is 8.68. The number of nitrogens with one attached hydrogen (secondary N) is 2. The number of benzene rings is 3. The van der Waals surface area contributed by atoms with Gasteiger partial charge in [-0.3, -0.25) is 20.3 Å². The molecule has 12 heteroatoms. The summed E-state index contributed by atoms with van der Waals surface area (Å²) in [6.07, 6.45) is 0. The van der Waals surface area contributed by atoms with Crippen LogP contribution >= 0.6 is 11.6 Å². The molecule has 0 aliphatic rings. The molecular formula is C20H17ClN4O6S. The minimum absolute atomic E-state index is 0.0608. The maximum atomic E-state index is 12.6. The summed E-state index contributed by atoms with van der Waals surface area (Å²) >= 11 is 5.86. The minimum Gasteiger partial charge on any atom is -0.508 e. The van der Waals surface area contributed by atoms with E-state index < -0.39 is 20.6 Å². The zero-order valence-corrected chi connectivity index (χ0v) is 18.1. The van der Waals surface area contributed by atoms with Crippen molar-refractivity contribution in [3.05, 3.63) is 81.4 Å². The summed E-state index contributed by atoms with van der Waals surface area (Å²) in [6.45, 7) is 1.54. The van der Waals surface area contributed by atoms with Crippen molar-refractivity contribution in [3.63, 3.8) is 0 Å². The van der Waals surface area contributed by atoms with Gasteiger partial charge in [0.1, 0.15) is 17.2 Å². The topological polar surface area (TPSA) is 154 Å². The Bertz CT molecular complexity index is 1330. The number of nitro groups is 1. The summed E-state index contributed by atoms with van der Waals surface area (Å²) in [4.78, 5) is 10.5. The van der Waals surface area contributed by atoms with E-state index in [2.05, 4.69) is 15.2 Å². The molecule has 10 nitrogen and oxygen atoms in total. The van der Waals surface area contributed by atoms with Crippen LogP contribution in [0.2, 0.25) is 5.02 Å². The lowest BCUT2D eigenvalue weighted by atomic mass is 10.1. The molecule has 0 fully saturated rings. The molecule has 0 unspecified atom stereocenters. The fourth-order valence-corrected chi connectivity index (χ4v) is 3.98. The Morgan fingerprint density at radius 3 is 2.50 bits per heavy atom. The van der Waals surface area contributed by atoms with Crippen LogP contribution in [-0.4, -0.2) is 29.3 Å².